The van der Waals surface area contributed by atoms with E-state index in [1.807, 2.05) is 0 Å². The van der Waals surface area contributed by atoms with E-state index < -0.39 is 20.0 Å². The number of nitrogens with zero attached hydrogens (tertiary/aromatic N) is 2. The Morgan fingerprint density at radius 2 is 1.62 bits per heavy atom. The Bertz CT molecular complexity index is 711. The fraction of sp³-hybridized carbons (Fsp3) is 0.500. The van der Waals surface area contributed by atoms with Gasteiger partial charge >= 0.3 is 0 Å². The average Bonchev–Trinajstić information content (AvgIpc) is 2.46. The lowest BCUT2D eigenvalue weighted by Crippen LogP contribution is -2.50. The van der Waals surface area contributed by atoms with Crippen LogP contribution in [0, 0.1) is 0 Å². The summed E-state index contributed by atoms with van der Waals surface area (Å²) in [6.45, 7) is 0.654. The van der Waals surface area contributed by atoms with E-state index in [4.69, 9.17) is 11.6 Å². The topological polar surface area (TPSA) is 74.8 Å². The van der Waals surface area contributed by atoms with Gasteiger partial charge in [0.25, 0.3) is 0 Å². The second kappa shape index (κ2) is 6.21. The van der Waals surface area contributed by atoms with Gasteiger partial charge in [-0.05, 0) is 17.7 Å². The Kier molecular flexibility index (Phi) is 4.94. The third-order valence-corrected chi connectivity index (χ3v) is 6.86. The molecule has 1 fully saturated rings. The zero-order valence-corrected chi connectivity index (χ0v) is 14.0. The van der Waals surface area contributed by atoms with E-state index in [1.54, 1.807) is 18.2 Å². The lowest BCUT2D eigenvalue weighted by Gasteiger charge is -2.32. The Balaban J connectivity index is 2.18. The summed E-state index contributed by atoms with van der Waals surface area (Å²) >= 11 is 5.72. The third-order valence-electron chi connectivity index (χ3n) is 3.36. The van der Waals surface area contributed by atoms with Crippen LogP contribution in [-0.4, -0.2) is 57.9 Å². The van der Waals surface area contributed by atoms with Crippen molar-refractivity contribution in [2.24, 2.45) is 0 Å². The molecule has 1 aromatic rings. The van der Waals surface area contributed by atoms with Crippen LogP contribution in [0.2, 0.25) is 0 Å². The van der Waals surface area contributed by atoms with Gasteiger partial charge in [0.1, 0.15) is 0 Å². The molecular formula is C12H17ClN2O4S2. The monoisotopic (exact) mass is 352 g/mol. The van der Waals surface area contributed by atoms with Crippen LogP contribution >= 0.6 is 11.6 Å². The van der Waals surface area contributed by atoms with E-state index in [-0.39, 0.29) is 37.0 Å². The van der Waals surface area contributed by atoms with E-state index >= 15 is 0 Å². The number of hydrogen-bond donors (Lipinski definition) is 0. The molecule has 6 nitrogen and oxygen atoms in total. The van der Waals surface area contributed by atoms with Crippen molar-refractivity contribution in [3.8, 4) is 0 Å². The maximum absolute atomic E-state index is 12.5. The van der Waals surface area contributed by atoms with Gasteiger partial charge in [-0.25, -0.2) is 16.8 Å². The van der Waals surface area contributed by atoms with Crippen molar-refractivity contribution in [1.82, 2.24) is 8.61 Å². The van der Waals surface area contributed by atoms with Gasteiger partial charge in [0.05, 0.1) is 11.2 Å². The number of benzene rings is 1. The largest absolute Gasteiger partial charge is 0.243 e. The predicted octanol–water partition coefficient (Wildman–Crippen LogP) is 0.691. The summed E-state index contributed by atoms with van der Waals surface area (Å²) < 4.78 is 50.5. The van der Waals surface area contributed by atoms with Crippen LogP contribution in [-0.2, 0) is 25.9 Å². The molecule has 0 aliphatic carbocycles. The van der Waals surface area contributed by atoms with Crippen molar-refractivity contribution >= 4 is 31.6 Å². The Labute approximate surface area is 130 Å². The van der Waals surface area contributed by atoms with Gasteiger partial charge in [-0.2, -0.15) is 8.61 Å². The molecule has 21 heavy (non-hydrogen) atoms. The lowest BCUT2D eigenvalue weighted by molar-refractivity contribution is 0.274. The smallest absolute Gasteiger partial charge is 0.213 e. The second-order valence-corrected chi connectivity index (χ2v) is 9.03. The van der Waals surface area contributed by atoms with Crippen molar-refractivity contribution in [2.45, 2.75) is 10.8 Å². The van der Waals surface area contributed by atoms with Gasteiger partial charge in [0, 0.05) is 32.1 Å². The van der Waals surface area contributed by atoms with Gasteiger partial charge in [-0.15, -0.1) is 11.6 Å². The second-order valence-electron chi connectivity index (χ2n) is 4.85. The Hall–Kier alpha value is -0.670. The molecule has 1 aliphatic rings. The third kappa shape index (κ3) is 3.75. The number of hydrogen-bond acceptors (Lipinski definition) is 4. The molecular weight excluding hydrogens is 336 g/mol. The average molecular weight is 353 g/mol. The summed E-state index contributed by atoms with van der Waals surface area (Å²) in [6, 6.07) is 6.48. The minimum Gasteiger partial charge on any atom is -0.213 e. The van der Waals surface area contributed by atoms with Crippen molar-refractivity contribution in [3.63, 3.8) is 0 Å². The highest BCUT2D eigenvalue weighted by molar-refractivity contribution is 7.89. The van der Waals surface area contributed by atoms with Crippen molar-refractivity contribution in [2.75, 3.05) is 32.4 Å². The van der Waals surface area contributed by atoms with Gasteiger partial charge in [0.2, 0.25) is 20.0 Å². The molecule has 0 amide bonds. The first-order chi connectivity index (χ1) is 9.75. The molecule has 9 heteroatoms. The van der Waals surface area contributed by atoms with Crippen LogP contribution in [0.4, 0.5) is 0 Å². The van der Waals surface area contributed by atoms with E-state index in [2.05, 4.69) is 0 Å². The molecule has 0 radical (unpaired) electrons. The van der Waals surface area contributed by atoms with Crippen LogP contribution in [0.25, 0.3) is 0 Å². The van der Waals surface area contributed by atoms with Crippen LogP contribution in [0.1, 0.15) is 5.56 Å². The standard InChI is InChI=1S/C12H17ClN2O4S2/c1-20(16,17)14-5-7-15(8-6-14)21(18,19)12-4-2-3-11(9-12)10-13/h2-4,9H,5-8,10H2,1H3. The molecule has 2 rings (SSSR count). The van der Waals surface area contributed by atoms with Crippen LogP contribution in [0.5, 0.6) is 0 Å². The quantitative estimate of drug-likeness (QED) is 0.747. The maximum atomic E-state index is 12.5. The summed E-state index contributed by atoms with van der Waals surface area (Å²) in [5.41, 5.74) is 0.729. The summed E-state index contributed by atoms with van der Waals surface area (Å²) in [7, 11) is -6.89. The first-order valence-corrected chi connectivity index (χ1v) is 10.2. The number of piperazine rings is 1. The fourth-order valence-electron chi connectivity index (χ4n) is 2.18. The minimum atomic E-state index is -3.61. The number of halogens is 1. The molecule has 1 aliphatic heterocycles. The predicted molar refractivity (Wildman–Crippen MR) is 81.2 cm³/mol. The van der Waals surface area contributed by atoms with E-state index in [0.717, 1.165) is 11.8 Å². The number of alkyl halides is 1. The maximum Gasteiger partial charge on any atom is 0.243 e. The van der Waals surface area contributed by atoms with E-state index in [1.165, 1.54) is 14.7 Å². The molecule has 0 atom stereocenters. The summed E-state index contributed by atoms with van der Waals surface area (Å²) in [4.78, 5) is 0.188. The molecule has 118 valence electrons. The van der Waals surface area contributed by atoms with Crippen molar-refractivity contribution < 1.29 is 16.8 Å². The Morgan fingerprint density at radius 3 is 2.14 bits per heavy atom. The highest BCUT2D eigenvalue weighted by Crippen LogP contribution is 2.20. The number of sulfonamides is 2. The zero-order valence-electron chi connectivity index (χ0n) is 11.6. The molecule has 0 aromatic heterocycles. The SMILES string of the molecule is CS(=O)(=O)N1CCN(S(=O)(=O)c2cccc(CCl)c2)CC1. The van der Waals surface area contributed by atoms with E-state index in [9.17, 15) is 16.8 Å². The van der Waals surface area contributed by atoms with Gasteiger partial charge in [-0.1, -0.05) is 12.1 Å². The zero-order chi connectivity index (χ0) is 15.7. The fourth-order valence-corrected chi connectivity index (χ4v) is 4.67. The summed E-state index contributed by atoms with van der Waals surface area (Å²) in [6.07, 6.45) is 1.13. The van der Waals surface area contributed by atoms with Gasteiger partial charge in [0.15, 0.2) is 0 Å². The molecule has 1 saturated heterocycles. The van der Waals surface area contributed by atoms with Crippen molar-refractivity contribution in [1.29, 1.82) is 0 Å². The molecule has 0 bridgehead atoms. The lowest BCUT2D eigenvalue weighted by atomic mass is 10.2. The van der Waals surface area contributed by atoms with Crippen molar-refractivity contribution in [3.05, 3.63) is 29.8 Å². The molecule has 1 aromatic carbocycles. The van der Waals surface area contributed by atoms with Crippen LogP contribution < -0.4 is 0 Å². The van der Waals surface area contributed by atoms with Crippen LogP contribution in [0.3, 0.4) is 0 Å². The highest BCUT2D eigenvalue weighted by Gasteiger charge is 2.31. The first-order valence-electron chi connectivity index (χ1n) is 6.35. The number of rotatable bonds is 4. The normalized spacial score (nSPS) is 18.8. The Morgan fingerprint density at radius 1 is 1.05 bits per heavy atom. The first kappa shape index (κ1) is 16.7. The van der Waals surface area contributed by atoms with Gasteiger partial charge in [-0.3, -0.25) is 0 Å². The summed E-state index contributed by atoms with van der Waals surface area (Å²) in [5, 5.41) is 0. The molecule has 0 N–H and O–H groups in total. The molecule has 0 unspecified atom stereocenters. The molecule has 0 spiro atoms. The van der Waals surface area contributed by atoms with E-state index in [0.29, 0.717) is 0 Å². The molecule has 0 saturated carbocycles. The minimum absolute atomic E-state index is 0.153. The van der Waals surface area contributed by atoms with Gasteiger partial charge < -0.3 is 0 Å². The highest BCUT2D eigenvalue weighted by atomic mass is 35.5. The summed E-state index contributed by atoms with van der Waals surface area (Å²) in [5.74, 6) is 0.241. The van der Waals surface area contributed by atoms with Crippen LogP contribution in [0.15, 0.2) is 29.2 Å². The molecule has 1 heterocycles.